The lowest BCUT2D eigenvalue weighted by Crippen LogP contribution is -2.42. The average Bonchev–Trinajstić information content (AvgIpc) is 2.97. The van der Waals surface area contributed by atoms with Gasteiger partial charge in [-0.2, -0.15) is 0 Å². The summed E-state index contributed by atoms with van der Waals surface area (Å²) >= 11 is 2.46. The molecule has 1 fully saturated rings. The molecule has 3 aromatic rings. The van der Waals surface area contributed by atoms with E-state index in [1.807, 2.05) is 31.4 Å². The number of aliphatic imine (C=N–C) groups is 1. The molecule has 1 aromatic heterocycles. The van der Waals surface area contributed by atoms with Gasteiger partial charge in [0.2, 0.25) is 12.3 Å². The first-order chi connectivity index (χ1) is 20.3. The zero-order chi connectivity index (χ0) is 30.2. The predicted octanol–water partition coefficient (Wildman–Crippen LogP) is 5.57. The lowest BCUT2D eigenvalue weighted by atomic mass is 10.1. The van der Waals surface area contributed by atoms with Crippen molar-refractivity contribution in [2.24, 2.45) is 4.99 Å². The van der Waals surface area contributed by atoms with Gasteiger partial charge in [0, 0.05) is 18.0 Å². The molecule has 2 N–H and O–H groups in total. The first-order valence-corrected chi connectivity index (χ1v) is 14.9. The van der Waals surface area contributed by atoms with Crippen LogP contribution in [0.2, 0.25) is 0 Å². The SMILES string of the molecule is C=CC(=O)N1CCOSN(/C(=N/c2c(CC)cccc2SC)c2cc(F)c(-c3c(O)cccc3F)nc2NC=O)CC1. The van der Waals surface area contributed by atoms with Crippen LogP contribution in [0, 0.1) is 11.6 Å². The molecular formula is C29H29F2N5O4S2. The number of aromatic nitrogens is 1. The molecule has 2 heterocycles. The van der Waals surface area contributed by atoms with Crippen LogP contribution in [-0.4, -0.2) is 69.9 Å². The van der Waals surface area contributed by atoms with Gasteiger partial charge in [-0.25, -0.2) is 18.8 Å². The third-order valence-electron chi connectivity index (χ3n) is 6.42. The highest BCUT2D eigenvalue weighted by Crippen LogP contribution is 2.37. The minimum absolute atomic E-state index is 0.0791. The number of amides is 2. The molecule has 2 aromatic carbocycles. The van der Waals surface area contributed by atoms with Crippen molar-refractivity contribution in [3.63, 3.8) is 0 Å². The summed E-state index contributed by atoms with van der Waals surface area (Å²) < 4.78 is 37.9. The molecule has 0 saturated carbocycles. The number of phenols is 1. The second-order valence-electron chi connectivity index (χ2n) is 8.90. The molecule has 0 radical (unpaired) electrons. The first kappa shape index (κ1) is 31.0. The number of aryl methyl sites for hydroxylation is 1. The molecule has 42 heavy (non-hydrogen) atoms. The fourth-order valence-electron chi connectivity index (χ4n) is 4.35. The second-order valence-corrected chi connectivity index (χ2v) is 10.6. The van der Waals surface area contributed by atoms with E-state index in [1.54, 1.807) is 9.21 Å². The monoisotopic (exact) mass is 613 g/mol. The average molecular weight is 614 g/mol. The lowest BCUT2D eigenvalue weighted by Gasteiger charge is -2.31. The zero-order valence-electron chi connectivity index (χ0n) is 23.0. The number of halogens is 2. The summed E-state index contributed by atoms with van der Waals surface area (Å²) in [5.74, 6) is -2.56. The Hall–Kier alpha value is -3.94. The number of rotatable bonds is 8. The first-order valence-electron chi connectivity index (χ1n) is 12.9. The van der Waals surface area contributed by atoms with E-state index in [4.69, 9.17) is 9.18 Å². The highest BCUT2D eigenvalue weighted by molar-refractivity contribution is 7.98. The quantitative estimate of drug-likeness (QED) is 0.0646. The lowest BCUT2D eigenvalue weighted by molar-refractivity contribution is -0.126. The number of thioether (sulfide) groups is 1. The number of nitrogens with zero attached hydrogens (tertiary/aromatic N) is 4. The number of aromatic hydroxyl groups is 1. The van der Waals surface area contributed by atoms with E-state index in [0.717, 1.165) is 34.8 Å². The van der Waals surface area contributed by atoms with E-state index >= 15 is 4.39 Å². The molecule has 13 heteroatoms. The Bertz CT molecular complexity index is 1480. The fraction of sp³-hybridized carbons (Fsp3) is 0.241. The van der Waals surface area contributed by atoms with E-state index in [1.165, 1.54) is 30.0 Å². The van der Waals surface area contributed by atoms with Gasteiger partial charge in [0.25, 0.3) is 0 Å². The van der Waals surface area contributed by atoms with Gasteiger partial charge in [-0.15, -0.1) is 11.8 Å². The molecule has 0 spiro atoms. The van der Waals surface area contributed by atoms with Gasteiger partial charge < -0.3 is 15.3 Å². The maximum absolute atomic E-state index is 15.8. The number of carbonyl (C=O) groups is 2. The fourth-order valence-corrected chi connectivity index (χ4v) is 5.58. The van der Waals surface area contributed by atoms with E-state index in [0.29, 0.717) is 25.1 Å². The van der Waals surface area contributed by atoms with Gasteiger partial charge in [-0.1, -0.05) is 31.7 Å². The summed E-state index contributed by atoms with van der Waals surface area (Å²) in [5.41, 5.74) is 0.702. The zero-order valence-corrected chi connectivity index (χ0v) is 24.6. The number of anilines is 1. The number of amidine groups is 1. The summed E-state index contributed by atoms with van der Waals surface area (Å²) in [6.45, 7) is 6.59. The molecule has 0 unspecified atom stereocenters. The normalized spacial score (nSPS) is 14.2. The Morgan fingerprint density at radius 3 is 2.71 bits per heavy atom. The number of nitrogens with one attached hydrogen (secondary N) is 1. The summed E-state index contributed by atoms with van der Waals surface area (Å²) in [7, 11) is 0. The van der Waals surface area contributed by atoms with Gasteiger partial charge in [0.05, 0.1) is 30.0 Å². The number of pyridine rings is 1. The Balaban J connectivity index is 1.95. The molecule has 0 bridgehead atoms. The molecule has 1 saturated heterocycles. The molecule has 9 nitrogen and oxygen atoms in total. The van der Waals surface area contributed by atoms with Crippen LogP contribution in [0.3, 0.4) is 0 Å². The minimum Gasteiger partial charge on any atom is -0.507 e. The Labute approximate surface area is 251 Å². The minimum atomic E-state index is -0.954. The van der Waals surface area contributed by atoms with E-state index in [2.05, 4.69) is 16.9 Å². The molecule has 220 valence electrons. The van der Waals surface area contributed by atoms with E-state index in [-0.39, 0.29) is 42.8 Å². The van der Waals surface area contributed by atoms with Crippen molar-refractivity contribution in [1.29, 1.82) is 0 Å². The van der Waals surface area contributed by atoms with Crippen molar-refractivity contribution >= 4 is 53.6 Å². The molecule has 0 aliphatic carbocycles. The van der Waals surface area contributed by atoms with Gasteiger partial charge in [-0.05, 0) is 48.6 Å². The Kier molecular flexibility index (Phi) is 10.6. The van der Waals surface area contributed by atoms with E-state index in [9.17, 15) is 19.1 Å². The van der Waals surface area contributed by atoms with Crippen molar-refractivity contribution in [3.8, 4) is 17.0 Å². The van der Waals surface area contributed by atoms with Crippen LogP contribution in [0.1, 0.15) is 18.1 Å². The predicted molar refractivity (Wildman–Crippen MR) is 162 cm³/mol. The number of carbonyl (C=O) groups excluding carboxylic acids is 2. The largest absolute Gasteiger partial charge is 0.507 e. The number of benzene rings is 2. The van der Waals surface area contributed by atoms with Crippen LogP contribution in [0.25, 0.3) is 11.3 Å². The topological polar surface area (TPSA) is 107 Å². The molecule has 4 rings (SSSR count). The van der Waals surface area contributed by atoms with E-state index < -0.39 is 28.6 Å². The van der Waals surface area contributed by atoms with Crippen LogP contribution in [0.4, 0.5) is 20.3 Å². The highest BCUT2D eigenvalue weighted by Gasteiger charge is 2.27. The Morgan fingerprint density at radius 1 is 1.24 bits per heavy atom. The van der Waals surface area contributed by atoms with Gasteiger partial charge in [0.1, 0.15) is 35.3 Å². The standard InChI is InChI=1S/C29H29F2N5O4S2/c1-4-18-8-6-11-23(41-3)26(18)34-29(36-13-12-35(24(39)5-2)14-15-40-42-36)19-16-21(31)27(33-28(19)32-17-37)25-20(30)9-7-10-22(25)38/h5-11,16-17,38H,2,4,12-15H2,1,3H3,(H,32,33,37)/b34-29+. The molecule has 1 aliphatic heterocycles. The third-order valence-corrected chi connectivity index (χ3v) is 8.00. The molecule has 2 amide bonds. The Morgan fingerprint density at radius 2 is 2.02 bits per heavy atom. The maximum Gasteiger partial charge on any atom is 0.246 e. The second kappa shape index (κ2) is 14.3. The van der Waals surface area contributed by atoms with Crippen molar-refractivity contribution in [1.82, 2.24) is 14.2 Å². The van der Waals surface area contributed by atoms with Crippen molar-refractivity contribution < 1.29 is 27.7 Å². The van der Waals surface area contributed by atoms with Crippen LogP contribution in [0.5, 0.6) is 5.75 Å². The van der Waals surface area contributed by atoms with Crippen LogP contribution >= 0.6 is 24.0 Å². The van der Waals surface area contributed by atoms with Gasteiger partial charge in [-0.3, -0.25) is 18.1 Å². The van der Waals surface area contributed by atoms with Crippen LogP contribution < -0.4 is 5.32 Å². The summed E-state index contributed by atoms with van der Waals surface area (Å²) in [5, 5.41) is 12.8. The summed E-state index contributed by atoms with van der Waals surface area (Å²) in [6.07, 6.45) is 4.15. The molecular weight excluding hydrogens is 584 g/mol. The van der Waals surface area contributed by atoms with Crippen LogP contribution in [-0.2, 0) is 20.2 Å². The van der Waals surface area contributed by atoms with Gasteiger partial charge in [0.15, 0.2) is 11.7 Å². The van der Waals surface area contributed by atoms with Gasteiger partial charge >= 0.3 is 0 Å². The maximum atomic E-state index is 15.8. The number of hydrogen-bond acceptors (Lipinski definition) is 8. The van der Waals surface area contributed by atoms with Crippen molar-refractivity contribution in [2.75, 3.05) is 37.8 Å². The smallest absolute Gasteiger partial charge is 0.246 e. The molecule has 0 atom stereocenters. The summed E-state index contributed by atoms with van der Waals surface area (Å²) in [6, 6.07) is 10.4. The number of hydrogen-bond donors (Lipinski definition) is 2. The van der Waals surface area contributed by atoms with Crippen molar-refractivity contribution in [3.05, 3.63) is 77.9 Å². The van der Waals surface area contributed by atoms with Crippen LogP contribution in [0.15, 0.2) is 65.0 Å². The third kappa shape index (κ3) is 6.75. The van der Waals surface area contributed by atoms with Crippen molar-refractivity contribution in [2.45, 2.75) is 18.2 Å². The highest BCUT2D eigenvalue weighted by atomic mass is 32.2. The number of phenolic OH excluding ortho intramolecular Hbond substituents is 1. The molecule has 1 aliphatic rings. The summed E-state index contributed by atoms with van der Waals surface area (Å²) in [4.78, 5) is 35.7. The number of para-hydroxylation sites is 1.